The van der Waals surface area contributed by atoms with Crippen LogP contribution in [0.1, 0.15) is 37.4 Å². The summed E-state index contributed by atoms with van der Waals surface area (Å²) < 4.78 is 0. The summed E-state index contributed by atoms with van der Waals surface area (Å²) in [6, 6.07) is 9.77. The molecule has 86 valence electrons. The SMILES string of the molecule is C=CCCC/C=C/C[C@@H](O)c1ccccc1. The van der Waals surface area contributed by atoms with Crippen molar-refractivity contribution in [3.63, 3.8) is 0 Å². The lowest BCUT2D eigenvalue weighted by molar-refractivity contribution is 0.181. The molecule has 0 spiro atoms. The molecule has 0 saturated carbocycles. The Bertz CT molecular complexity index is 313. The predicted molar refractivity (Wildman–Crippen MR) is 69.2 cm³/mol. The Morgan fingerprint density at radius 1 is 1.12 bits per heavy atom. The quantitative estimate of drug-likeness (QED) is 0.539. The predicted octanol–water partition coefficient (Wildman–Crippen LogP) is 4.02. The van der Waals surface area contributed by atoms with Gasteiger partial charge in [-0.15, -0.1) is 6.58 Å². The molecule has 0 unspecified atom stereocenters. The Balaban J connectivity index is 2.25. The van der Waals surface area contributed by atoms with Crippen LogP contribution in [0.2, 0.25) is 0 Å². The maximum absolute atomic E-state index is 9.86. The molecule has 1 nitrogen and oxygen atoms in total. The zero-order valence-corrected chi connectivity index (χ0v) is 9.68. The molecule has 0 bridgehead atoms. The molecule has 0 fully saturated rings. The third-order valence-corrected chi connectivity index (χ3v) is 2.49. The van der Waals surface area contributed by atoms with E-state index in [-0.39, 0.29) is 6.10 Å². The number of rotatable bonds is 7. The number of hydrogen-bond acceptors (Lipinski definition) is 1. The fourth-order valence-corrected chi connectivity index (χ4v) is 1.53. The summed E-state index contributed by atoms with van der Waals surface area (Å²) in [4.78, 5) is 0. The summed E-state index contributed by atoms with van der Waals surface area (Å²) in [6.07, 6.45) is 9.71. The number of aliphatic hydroxyl groups excluding tert-OH is 1. The highest BCUT2D eigenvalue weighted by atomic mass is 16.3. The minimum absolute atomic E-state index is 0.378. The zero-order valence-electron chi connectivity index (χ0n) is 9.68. The molecule has 0 amide bonds. The van der Waals surface area contributed by atoms with Crippen molar-refractivity contribution in [2.24, 2.45) is 0 Å². The second-order valence-corrected chi connectivity index (χ2v) is 3.85. The van der Waals surface area contributed by atoms with Gasteiger partial charge in [-0.25, -0.2) is 0 Å². The Kier molecular flexibility index (Phi) is 6.28. The first-order valence-electron chi connectivity index (χ1n) is 5.83. The van der Waals surface area contributed by atoms with E-state index in [1.165, 1.54) is 0 Å². The third kappa shape index (κ3) is 4.94. The van der Waals surface area contributed by atoms with E-state index in [0.717, 1.165) is 24.8 Å². The van der Waals surface area contributed by atoms with Crippen molar-refractivity contribution in [3.05, 3.63) is 60.7 Å². The normalized spacial score (nSPS) is 12.8. The molecule has 0 aromatic heterocycles. The Hall–Kier alpha value is -1.34. The van der Waals surface area contributed by atoms with Crippen LogP contribution >= 0.6 is 0 Å². The minimum atomic E-state index is -0.378. The summed E-state index contributed by atoms with van der Waals surface area (Å²) in [6.45, 7) is 3.68. The van der Waals surface area contributed by atoms with E-state index in [4.69, 9.17) is 0 Å². The van der Waals surface area contributed by atoms with Crippen LogP contribution in [0.15, 0.2) is 55.1 Å². The molecule has 0 aliphatic rings. The van der Waals surface area contributed by atoms with Gasteiger partial charge in [0.2, 0.25) is 0 Å². The first-order chi connectivity index (χ1) is 7.84. The van der Waals surface area contributed by atoms with Crippen LogP contribution in [-0.4, -0.2) is 5.11 Å². The number of benzene rings is 1. The summed E-state index contributed by atoms with van der Waals surface area (Å²) in [5.41, 5.74) is 0.984. The smallest absolute Gasteiger partial charge is 0.0824 e. The first-order valence-corrected chi connectivity index (χ1v) is 5.83. The van der Waals surface area contributed by atoms with Gasteiger partial charge in [-0.2, -0.15) is 0 Å². The third-order valence-electron chi connectivity index (χ3n) is 2.49. The lowest BCUT2D eigenvalue weighted by Gasteiger charge is -2.07. The molecule has 0 heterocycles. The van der Waals surface area contributed by atoms with Crippen LogP contribution in [0.5, 0.6) is 0 Å². The van der Waals surface area contributed by atoms with Gasteiger partial charge < -0.3 is 5.11 Å². The van der Waals surface area contributed by atoms with E-state index >= 15 is 0 Å². The maximum Gasteiger partial charge on any atom is 0.0824 e. The topological polar surface area (TPSA) is 20.2 Å². The largest absolute Gasteiger partial charge is 0.388 e. The van der Waals surface area contributed by atoms with Gasteiger partial charge in [0.1, 0.15) is 0 Å². The zero-order chi connectivity index (χ0) is 11.6. The molecule has 1 N–H and O–H groups in total. The molecule has 1 atom stereocenters. The number of unbranched alkanes of at least 4 members (excludes halogenated alkanes) is 2. The number of hydrogen-bond donors (Lipinski definition) is 1. The van der Waals surface area contributed by atoms with Crippen molar-refractivity contribution < 1.29 is 5.11 Å². The molecule has 1 heteroatoms. The second kappa shape index (κ2) is 7.89. The summed E-state index contributed by atoms with van der Waals surface area (Å²) in [7, 11) is 0. The van der Waals surface area contributed by atoms with E-state index < -0.39 is 0 Å². The van der Waals surface area contributed by atoms with Crippen LogP contribution in [-0.2, 0) is 0 Å². The highest BCUT2D eigenvalue weighted by Crippen LogP contribution is 2.16. The van der Waals surface area contributed by atoms with Crippen molar-refractivity contribution in [3.8, 4) is 0 Å². The molecular formula is C15H20O. The highest BCUT2D eigenvalue weighted by molar-refractivity contribution is 5.17. The van der Waals surface area contributed by atoms with E-state index in [0.29, 0.717) is 6.42 Å². The second-order valence-electron chi connectivity index (χ2n) is 3.85. The van der Waals surface area contributed by atoms with Gasteiger partial charge >= 0.3 is 0 Å². The lowest BCUT2D eigenvalue weighted by Crippen LogP contribution is -1.94. The molecule has 0 radical (unpaired) electrons. The summed E-state index contributed by atoms with van der Waals surface area (Å²) in [5, 5.41) is 9.86. The van der Waals surface area contributed by atoms with E-state index in [2.05, 4.69) is 18.7 Å². The van der Waals surface area contributed by atoms with E-state index in [1.807, 2.05) is 36.4 Å². The average molecular weight is 216 g/mol. The fraction of sp³-hybridized carbons (Fsp3) is 0.333. The standard InChI is InChI=1S/C15H20O/c1-2-3-4-5-6-10-13-15(16)14-11-8-7-9-12-14/h2,6-12,15-16H,1,3-5,13H2/b10-6+/t15-/m1/s1. The highest BCUT2D eigenvalue weighted by Gasteiger charge is 2.02. The Morgan fingerprint density at radius 3 is 2.56 bits per heavy atom. The minimum Gasteiger partial charge on any atom is -0.388 e. The number of allylic oxidation sites excluding steroid dienone is 2. The van der Waals surface area contributed by atoms with Gasteiger partial charge in [0.25, 0.3) is 0 Å². The maximum atomic E-state index is 9.86. The van der Waals surface area contributed by atoms with Crippen LogP contribution in [0.25, 0.3) is 0 Å². The monoisotopic (exact) mass is 216 g/mol. The van der Waals surface area contributed by atoms with Gasteiger partial charge in [0.15, 0.2) is 0 Å². The molecule has 1 rings (SSSR count). The van der Waals surface area contributed by atoms with Gasteiger partial charge in [-0.3, -0.25) is 0 Å². The van der Waals surface area contributed by atoms with Crippen molar-refractivity contribution in [1.82, 2.24) is 0 Å². The van der Waals surface area contributed by atoms with Crippen molar-refractivity contribution in [2.75, 3.05) is 0 Å². The van der Waals surface area contributed by atoms with E-state index in [1.54, 1.807) is 0 Å². The molecule has 0 aliphatic heterocycles. The van der Waals surface area contributed by atoms with Gasteiger partial charge in [0.05, 0.1) is 6.10 Å². The molecule has 1 aromatic rings. The molecule has 1 aromatic carbocycles. The molecule has 0 saturated heterocycles. The van der Waals surface area contributed by atoms with Gasteiger partial charge in [0, 0.05) is 0 Å². The van der Waals surface area contributed by atoms with Crippen LogP contribution < -0.4 is 0 Å². The van der Waals surface area contributed by atoms with Crippen molar-refractivity contribution in [1.29, 1.82) is 0 Å². The van der Waals surface area contributed by atoms with Crippen molar-refractivity contribution >= 4 is 0 Å². The summed E-state index contributed by atoms with van der Waals surface area (Å²) in [5.74, 6) is 0. The lowest BCUT2D eigenvalue weighted by atomic mass is 10.1. The number of aliphatic hydroxyl groups is 1. The van der Waals surface area contributed by atoms with Gasteiger partial charge in [-0.05, 0) is 31.2 Å². The molecular weight excluding hydrogens is 196 g/mol. The first kappa shape index (κ1) is 12.7. The van der Waals surface area contributed by atoms with Gasteiger partial charge in [-0.1, -0.05) is 48.6 Å². The van der Waals surface area contributed by atoms with E-state index in [9.17, 15) is 5.11 Å². The summed E-state index contributed by atoms with van der Waals surface area (Å²) >= 11 is 0. The Morgan fingerprint density at radius 2 is 1.88 bits per heavy atom. The van der Waals surface area contributed by atoms with Crippen LogP contribution in [0, 0.1) is 0 Å². The Labute approximate surface area is 98.1 Å². The molecule has 16 heavy (non-hydrogen) atoms. The van der Waals surface area contributed by atoms with Crippen LogP contribution in [0.4, 0.5) is 0 Å². The van der Waals surface area contributed by atoms with Crippen LogP contribution in [0.3, 0.4) is 0 Å². The fourth-order valence-electron chi connectivity index (χ4n) is 1.53. The van der Waals surface area contributed by atoms with Crippen molar-refractivity contribution in [2.45, 2.75) is 31.8 Å². The molecule has 0 aliphatic carbocycles. The average Bonchev–Trinajstić information content (AvgIpc) is 2.34.